The number of hydrogen-bond acceptors (Lipinski definition) is 7. The Bertz CT molecular complexity index is 908. The molecule has 0 unspecified atom stereocenters. The lowest BCUT2D eigenvalue weighted by molar-refractivity contribution is 0.0512. The SMILES string of the molecule is CCOC(=O)c1nc(N2CCC(NS(C)(=O)=O)CC2)c2ccccc2n1. The number of nitrogens with zero attached hydrogens (tertiary/aromatic N) is 3. The van der Waals surface area contributed by atoms with Gasteiger partial charge in [0.05, 0.1) is 18.4 Å². The normalized spacial score (nSPS) is 16.0. The van der Waals surface area contributed by atoms with Gasteiger partial charge >= 0.3 is 5.97 Å². The highest BCUT2D eigenvalue weighted by atomic mass is 32.2. The van der Waals surface area contributed by atoms with Gasteiger partial charge in [0.25, 0.3) is 0 Å². The van der Waals surface area contributed by atoms with Gasteiger partial charge in [0.2, 0.25) is 15.8 Å². The summed E-state index contributed by atoms with van der Waals surface area (Å²) in [5, 5.41) is 0.857. The molecule has 0 bridgehead atoms. The Kier molecular flexibility index (Phi) is 5.38. The number of esters is 1. The summed E-state index contributed by atoms with van der Waals surface area (Å²) in [6.45, 7) is 3.26. The highest BCUT2D eigenvalue weighted by Crippen LogP contribution is 2.26. The zero-order chi connectivity index (χ0) is 18.7. The summed E-state index contributed by atoms with van der Waals surface area (Å²) in [7, 11) is -3.22. The van der Waals surface area contributed by atoms with Crippen molar-refractivity contribution in [1.29, 1.82) is 0 Å². The number of aromatic nitrogens is 2. The summed E-state index contributed by atoms with van der Waals surface area (Å²) in [6, 6.07) is 7.42. The van der Waals surface area contributed by atoms with E-state index in [0.29, 0.717) is 37.3 Å². The molecule has 0 atom stereocenters. The molecule has 1 aromatic heterocycles. The van der Waals surface area contributed by atoms with Crippen LogP contribution < -0.4 is 9.62 Å². The zero-order valence-electron chi connectivity index (χ0n) is 14.8. The Morgan fingerprint density at radius 1 is 1.27 bits per heavy atom. The lowest BCUT2D eigenvalue weighted by Gasteiger charge is -2.33. The molecule has 3 rings (SSSR count). The summed E-state index contributed by atoms with van der Waals surface area (Å²) in [4.78, 5) is 22.9. The first-order chi connectivity index (χ1) is 12.4. The smallest absolute Gasteiger partial charge is 0.376 e. The largest absolute Gasteiger partial charge is 0.460 e. The van der Waals surface area contributed by atoms with Crippen LogP contribution in [0.1, 0.15) is 30.4 Å². The molecule has 9 heteroatoms. The van der Waals surface area contributed by atoms with Crippen molar-refractivity contribution >= 4 is 32.7 Å². The third-order valence-corrected chi connectivity index (χ3v) is 4.98. The van der Waals surface area contributed by atoms with Gasteiger partial charge in [-0.15, -0.1) is 0 Å². The van der Waals surface area contributed by atoms with Crippen molar-refractivity contribution in [2.75, 3.05) is 30.9 Å². The van der Waals surface area contributed by atoms with Gasteiger partial charge in [-0.1, -0.05) is 12.1 Å². The Labute approximate surface area is 152 Å². The molecule has 1 aliphatic rings. The van der Waals surface area contributed by atoms with E-state index in [-0.39, 0.29) is 18.5 Å². The second-order valence-corrected chi connectivity index (χ2v) is 8.04. The molecule has 0 radical (unpaired) electrons. The molecule has 1 aromatic carbocycles. The maximum atomic E-state index is 12.1. The molecular weight excluding hydrogens is 356 g/mol. The highest BCUT2D eigenvalue weighted by Gasteiger charge is 2.25. The number of piperidine rings is 1. The van der Waals surface area contributed by atoms with Gasteiger partial charge in [0.15, 0.2) is 0 Å². The average molecular weight is 378 g/mol. The van der Waals surface area contributed by atoms with Crippen LogP contribution in [0.25, 0.3) is 10.9 Å². The van der Waals surface area contributed by atoms with Gasteiger partial charge in [-0.2, -0.15) is 0 Å². The molecule has 8 nitrogen and oxygen atoms in total. The minimum Gasteiger partial charge on any atom is -0.460 e. The van der Waals surface area contributed by atoms with Crippen LogP contribution in [0.5, 0.6) is 0 Å². The number of carbonyl (C=O) groups is 1. The maximum absolute atomic E-state index is 12.1. The first-order valence-corrected chi connectivity index (χ1v) is 10.4. The van der Waals surface area contributed by atoms with Crippen molar-refractivity contribution in [3.8, 4) is 0 Å². The summed E-state index contributed by atoms with van der Waals surface area (Å²) < 4.78 is 30.5. The number of carbonyl (C=O) groups excluding carboxylic acids is 1. The molecule has 0 spiro atoms. The number of para-hydroxylation sites is 1. The van der Waals surface area contributed by atoms with E-state index in [9.17, 15) is 13.2 Å². The summed E-state index contributed by atoms with van der Waals surface area (Å²) in [5.41, 5.74) is 0.678. The minimum absolute atomic E-state index is 0.0388. The van der Waals surface area contributed by atoms with Gasteiger partial charge in [0, 0.05) is 24.5 Å². The van der Waals surface area contributed by atoms with Gasteiger partial charge in [-0.3, -0.25) is 0 Å². The van der Waals surface area contributed by atoms with Gasteiger partial charge in [-0.25, -0.2) is 27.9 Å². The number of sulfonamides is 1. The summed E-state index contributed by atoms with van der Waals surface area (Å²) in [5.74, 6) is 0.168. The van der Waals surface area contributed by atoms with Gasteiger partial charge in [0.1, 0.15) is 5.82 Å². The number of hydrogen-bond donors (Lipinski definition) is 1. The number of benzene rings is 1. The minimum atomic E-state index is -3.22. The lowest BCUT2D eigenvalue weighted by Crippen LogP contribution is -2.44. The molecule has 140 valence electrons. The molecule has 0 aliphatic carbocycles. The van der Waals surface area contributed by atoms with Crippen molar-refractivity contribution in [2.45, 2.75) is 25.8 Å². The van der Waals surface area contributed by atoms with Crippen LogP contribution in [0, 0.1) is 0 Å². The number of nitrogens with one attached hydrogen (secondary N) is 1. The van der Waals surface area contributed by atoms with Crippen LogP contribution >= 0.6 is 0 Å². The van der Waals surface area contributed by atoms with E-state index in [0.717, 1.165) is 5.39 Å². The van der Waals surface area contributed by atoms with Gasteiger partial charge < -0.3 is 9.64 Å². The Hall–Kier alpha value is -2.26. The van der Waals surface area contributed by atoms with Crippen LogP contribution in [0.15, 0.2) is 24.3 Å². The molecule has 1 saturated heterocycles. The number of rotatable bonds is 5. The number of anilines is 1. The maximum Gasteiger partial charge on any atom is 0.376 e. The van der Waals surface area contributed by atoms with Crippen LogP contribution in [-0.2, 0) is 14.8 Å². The fraction of sp³-hybridized carbons (Fsp3) is 0.471. The first-order valence-electron chi connectivity index (χ1n) is 8.53. The van der Waals surface area contributed by atoms with Crippen molar-refractivity contribution in [3.05, 3.63) is 30.1 Å². The Morgan fingerprint density at radius 3 is 2.62 bits per heavy atom. The number of ether oxygens (including phenoxy) is 1. The molecule has 1 N–H and O–H groups in total. The third kappa shape index (κ3) is 4.28. The highest BCUT2D eigenvalue weighted by molar-refractivity contribution is 7.88. The Morgan fingerprint density at radius 2 is 1.96 bits per heavy atom. The second kappa shape index (κ2) is 7.55. The van der Waals surface area contributed by atoms with Crippen molar-refractivity contribution in [3.63, 3.8) is 0 Å². The van der Waals surface area contributed by atoms with E-state index >= 15 is 0 Å². The van der Waals surface area contributed by atoms with E-state index in [1.807, 2.05) is 24.3 Å². The van der Waals surface area contributed by atoms with Crippen LogP contribution in [-0.4, -0.2) is 56.3 Å². The summed E-state index contributed by atoms with van der Waals surface area (Å²) in [6.07, 6.45) is 2.50. The van der Waals surface area contributed by atoms with Crippen LogP contribution in [0.3, 0.4) is 0 Å². The molecule has 26 heavy (non-hydrogen) atoms. The first kappa shape index (κ1) is 18.5. The average Bonchev–Trinajstić information content (AvgIpc) is 2.60. The van der Waals surface area contributed by atoms with E-state index in [1.54, 1.807) is 6.92 Å². The lowest BCUT2D eigenvalue weighted by atomic mass is 10.1. The van der Waals surface area contributed by atoms with Gasteiger partial charge in [-0.05, 0) is 31.9 Å². The van der Waals surface area contributed by atoms with E-state index in [1.165, 1.54) is 6.26 Å². The molecule has 0 saturated carbocycles. The molecule has 2 heterocycles. The molecular formula is C17H22N4O4S. The molecule has 1 fully saturated rings. The second-order valence-electron chi connectivity index (χ2n) is 6.26. The fourth-order valence-corrected chi connectivity index (χ4v) is 3.94. The summed E-state index contributed by atoms with van der Waals surface area (Å²) >= 11 is 0. The number of fused-ring (bicyclic) bond motifs is 1. The monoisotopic (exact) mass is 378 g/mol. The van der Waals surface area contributed by atoms with E-state index in [4.69, 9.17) is 4.74 Å². The fourth-order valence-electron chi connectivity index (χ4n) is 3.10. The predicted molar refractivity (Wildman–Crippen MR) is 98.7 cm³/mol. The van der Waals surface area contributed by atoms with E-state index < -0.39 is 16.0 Å². The third-order valence-electron chi connectivity index (χ3n) is 4.22. The van der Waals surface area contributed by atoms with Crippen LogP contribution in [0.2, 0.25) is 0 Å². The molecule has 2 aromatic rings. The van der Waals surface area contributed by atoms with Crippen LogP contribution in [0.4, 0.5) is 5.82 Å². The van der Waals surface area contributed by atoms with E-state index in [2.05, 4.69) is 19.6 Å². The molecule has 1 aliphatic heterocycles. The topological polar surface area (TPSA) is 101 Å². The molecule has 0 amide bonds. The van der Waals surface area contributed by atoms with Crippen molar-refractivity contribution < 1.29 is 17.9 Å². The van der Waals surface area contributed by atoms with Crippen molar-refractivity contribution in [2.24, 2.45) is 0 Å². The zero-order valence-corrected chi connectivity index (χ0v) is 15.6. The predicted octanol–water partition coefficient (Wildman–Crippen LogP) is 1.32. The standard InChI is InChI=1S/C17H22N4O4S/c1-3-25-17(22)15-18-14-7-5-4-6-13(14)16(19-15)21-10-8-12(9-11-21)20-26(2,23)24/h4-7,12,20H,3,8-11H2,1-2H3. The van der Waals surface area contributed by atoms with Crippen molar-refractivity contribution in [1.82, 2.24) is 14.7 Å². The Balaban J connectivity index is 1.88. The quantitative estimate of drug-likeness (QED) is 0.783.